The van der Waals surface area contributed by atoms with Gasteiger partial charge >= 0.3 is 0 Å². The molecule has 0 spiro atoms. The summed E-state index contributed by atoms with van der Waals surface area (Å²) >= 11 is 0. The van der Waals surface area contributed by atoms with Crippen molar-refractivity contribution in [3.63, 3.8) is 0 Å². The zero-order valence-corrected chi connectivity index (χ0v) is 54.0. The van der Waals surface area contributed by atoms with Crippen molar-refractivity contribution in [1.29, 1.82) is 0 Å². The Kier molecular flexibility index (Phi) is 51.5. The summed E-state index contributed by atoms with van der Waals surface area (Å²) in [4.78, 5) is 13.3. The van der Waals surface area contributed by atoms with Gasteiger partial charge in [-0.2, -0.15) is 0 Å². The molecule has 498 valence electrons. The van der Waals surface area contributed by atoms with E-state index >= 15 is 0 Å². The summed E-state index contributed by atoms with van der Waals surface area (Å²) in [6.07, 6.45) is 65.5. The molecule has 2 rings (SSSR count). The van der Waals surface area contributed by atoms with Crippen LogP contribution in [0.2, 0.25) is 0 Å². The smallest absolute Gasteiger partial charge is 0.220 e. The molecular formula is C73H123NO13. The number of carbonyl (C=O) groups is 1. The molecule has 0 bridgehead atoms. The second kappa shape index (κ2) is 56.4. The van der Waals surface area contributed by atoms with E-state index in [0.717, 1.165) is 103 Å². The molecule has 0 aliphatic carbocycles. The van der Waals surface area contributed by atoms with Gasteiger partial charge in [-0.1, -0.05) is 264 Å². The van der Waals surface area contributed by atoms with Gasteiger partial charge in [0.2, 0.25) is 5.91 Å². The van der Waals surface area contributed by atoms with Gasteiger partial charge in [-0.15, -0.1) is 0 Å². The van der Waals surface area contributed by atoms with Crippen molar-refractivity contribution in [3.05, 3.63) is 122 Å². The summed E-state index contributed by atoms with van der Waals surface area (Å²) in [6, 6.07) is -0.921. The van der Waals surface area contributed by atoms with E-state index in [1.54, 1.807) is 6.08 Å². The van der Waals surface area contributed by atoms with E-state index in [-0.39, 0.29) is 18.9 Å². The number of hydrogen-bond acceptors (Lipinski definition) is 13. The Balaban J connectivity index is 1.58. The quantitative estimate of drug-likeness (QED) is 0.0204. The number of allylic oxidation sites excluding steroid dienone is 19. The highest BCUT2D eigenvalue weighted by molar-refractivity contribution is 5.76. The van der Waals surface area contributed by atoms with Gasteiger partial charge in [0.1, 0.15) is 48.8 Å². The summed E-state index contributed by atoms with van der Waals surface area (Å²) < 4.78 is 22.8. The van der Waals surface area contributed by atoms with Crippen LogP contribution in [-0.2, 0) is 23.7 Å². The molecular weight excluding hydrogens is 1100 g/mol. The number of hydrogen-bond donors (Lipinski definition) is 9. The van der Waals surface area contributed by atoms with Crippen molar-refractivity contribution in [1.82, 2.24) is 5.32 Å². The normalized spacial score (nSPS) is 24.1. The molecule has 2 saturated heterocycles. The van der Waals surface area contributed by atoms with Gasteiger partial charge in [-0.25, -0.2) is 0 Å². The minimum atomic E-state index is -1.79. The third kappa shape index (κ3) is 40.7. The van der Waals surface area contributed by atoms with Gasteiger partial charge in [-0.3, -0.25) is 4.79 Å². The number of aliphatic hydroxyl groups excluding tert-OH is 8. The topological polar surface area (TPSA) is 228 Å². The maximum Gasteiger partial charge on any atom is 0.220 e. The number of carbonyl (C=O) groups excluding carboxylic acids is 1. The first-order valence-electron chi connectivity index (χ1n) is 34.3. The predicted octanol–water partition coefficient (Wildman–Crippen LogP) is 13.7. The maximum absolute atomic E-state index is 13.3. The number of nitrogens with one attached hydrogen (secondary N) is 1. The van der Waals surface area contributed by atoms with Gasteiger partial charge in [-0.05, 0) is 89.9 Å². The van der Waals surface area contributed by atoms with E-state index in [1.165, 1.54) is 109 Å². The highest BCUT2D eigenvalue weighted by Crippen LogP contribution is 2.30. The van der Waals surface area contributed by atoms with Crippen LogP contribution in [-0.4, -0.2) is 140 Å². The van der Waals surface area contributed by atoms with Crippen LogP contribution < -0.4 is 5.32 Å². The second-order valence-corrected chi connectivity index (χ2v) is 23.6. The highest BCUT2D eigenvalue weighted by Gasteiger charge is 2.51. The molecule has 14 nitrogen and oxygen atoms in total. The van der Waals surface area contributed by atoms with Gasteiger partial charge in [0.25, 0.3) is 0 Å². The lowest BCUT2D eigenvalue weighted by Crippen LogP contribution is -2.65. The Bertz CT molecular complexity index is 1920. The largest absolute Gasteiger partial charge is 0.394 e. The molecule has 0 saturated carbocycles. The van der Waals surface area contributed by atoms with Gasteiger partial charge in [0, 0.05) is 6.42 Å². The molecule has 14 heteroatoms. The third-order valence-electron chi connectivity index (χ3n) is 15.9. The molecule has 87 heavy (non-hydrogen) atoms. The molecule has 0 aromatic heterocycles. The van der Waals surface area contributed by atoms with Crippen LogP contribution in [0.3, 0.4) is 0 Å². The molecule has 2 fully saturated rings. The first-order valence-corrected chi connectivity index (χ1v) is 34.3. The van der Waals surface area contributed by atoms with Crippen LogP contribution in [0.1, 0.15) is 239 Å². The molecule has 12 unspecified atom stereocenters. The van der Waals surface area contributed by atoms with E-state index in [0.29, 0.717) is 6.42 Å². The van der Waals surface area contributed by atoms with Crippen molar-refractivity contribution in [2.24, 2.45) is 0 Å². The fraction of sp³-hybridized carbons (Fsp3) is 0.712. The predicted molar refractivity (Wildman–Crippen MR) is 355 cm³/mol. The Hall–Kier alpha value is -3.61. The monoisotopic (exact) mass is 1220 g/mol. The Morgan fingerprint density at radius 1 is 0.425 bits per heavy atom. The van der Waals surface area contributed by atoms with Crippen LogP contribution in [0.25, 0.3) is 0 Å². The minimum absolute atomic E-state index is 0.246. The Labute approximate surface area is 527 Å². The minimum Gasteiger partial charge on any atom is -0.394 e. The van der Waals surface area contributed by atoms with Crippen molar-refractivity contribution >= 4 is 5.91 Å². The van der Waals surface area contributed by atoms with E-state index in [9.17, 15) is 45.6 Å². The number of rotatable bonds is 54. The highest BCUT2D eigenvalue weighted by atomic mass is 16.7. The fourth-order valence-electron chi connectivity index (χ4n) is 10.5. The Morgan fingerprint density at radius 2 is 0.793 bits per heavy atom. The molecule has 2 aliphatic heterocycles. The van der Waals surface area contributed by atoms with Crippen LogP contribution >= 0.6 is 0 Å². The zero-order valence-electron chi connectivity index (χ0n) is 54.0. The third-order valence-corrected chi connectivity index (χ3v) is 15.9. The molecule has 2 aliphatic rings. The first kappa shape index (κ1) is 79.5. The lowest BCUT2D eigenvalue weighted by molar-refractivity contribution is -0.359. The van der Waals surface area contributed by atoms with Crippen LogP contribution in [0.15, 0.2) is 122 Å². The number of aliphatic hydroxyl groups is 8. The molecule has 9 N–H and O–H groups in total. The summed E-state index contributed by atoms with van der Waals surface area (Å²) in [5.74, 6) is -0.246. The summed E-state index contributed by atoms with van der Waals surface area (Å²) in [5.41, 5.74) is 0. The van der Waals surface area contributed by atoms with Crippen LogP contribution in [0.4, 0.5) is 0 Å². The molecule has 0 aromatic carbocycles. The summed E-state index contributed by atoms with van der Waals surface area (Å²) in [5, 5.41) is 87.1. The summed E-state index contributed by atoms with van der Waals surface area (Å²) in [7, 11) is 0. The fourth-order valence-corrected chi connectivity index (χ4v) is 10.5. The van der Waals surface area contributed by atoms with E-state index in [2.05, 4.69) is 129 Å². The van der Waals surface area contributed by atoms with Crippen molar-refractivity contribution in [3.8, 4) is 0 Å². The van der Waals surface area contributed by atoms with E-state index < -0.39 is 86.8 Å². The first-order chi connectivity index (χ1) is 42.6. The summed E-state index contributed by atoms with van der Waals surface area (Å²) in [6.45, 7) is 2.66. The van der Waals surface area contributed by atoms with E-state index in [4.69, 9.17) is 18.9 Å². The molecule has 0 radical (unpaired) electrons. The Morgan fingerprint density at radius 3 is 1.22 bits per heavy atom. The SMILES string of the molecule is CC/C=C\C/C=C\C/C=C\C/C=C\C/C=C\C/C=C\C/C=C\C/C=C\C/C=C\CCCCCCCCCCCCCCCC(=O)NC(COC1OC(CO)C(OC2OC(CO)C(O)C(O)C2O)C(O)C1O)C(O)/C=C/CCCCCCCCCCCC. The lowest BCUT2D eigenvalue weighted by Gasteiger charge is -2.46. The molecule has 0 aromatic rings. The standard InChI is InChI=1S/C73H123NO13/c1-3-5-7-9-11-13-15-17-18-19-20-21-22-23-24-25-26-27-28-29-30-31-32-33-34-35-36-37-38-39-40-41-42-43-44-45-47-49-51-53-55-57-65(78)74-61(62(77)56-54-52-50-48-46-16-14-12-10-8-6-4-2)60-84-72-70(83)68(81)71(64(59-76)86-72)87-73-69(82)67(80)66(79)63(58-75)85-73/h5,7,11,13,17-18,20-21,23-24,26-27,29-30,32-33,35-36,54,56,61-64,66-73,75-77,79-83H,3-4,6,8-10,12,14-16,19,22,25,28,31,34,37-53,55,57-60H2,1-2H3,(H,74,78)/b7-5-,13-11-,18-17-,21-20-,24-23-,27-26-,30-29-,33-32-,36-35-,56-54+. The van der Waals surface area contributed by atoms with Gasteiger partial charge in [0.15, 0.2) is 12.6 Å². The second-order valence-electron chi connectivity index (χ2n) is 23.6. The molecule has 1 amide bonds. The lowest BCUT2D eigenvalue weighted by atomic mass is 9.97. The zero-order chi connectivity index (χ0) is 63.1. The molecule has 12 atom stereocenters. The maximum atomic E-state index is 13.3. The number of unbranched alkanes of at least 4 members (excludes halogenated alkanes) is 23. The van der Waals surface area contributed by atoms with E-state index in [1.807, 2.05) is 6.08 Å². The van der Waals surface area contributed by atoms with Crippen LogP contribution in [0, 0.1) is 0 Å². The average molecular weight is 1220 g/mol. The average Bonchev–Trinajstić information content (AvgIpc) is 2.31. The van der Waals surface area contributed by atoms with Crippen molar-refractivity contribution < 1.29 is 64.6 Å². The number of ether oxygens (including phenoxy) is 4. The molecule has 2 heterocycles. The van der Waals surface area contributed by atoms with Crippen molar-refractivity contribution in [2.75, 3.05) is 19.8 Å². The van der Waals surface area contributed by atoms with Gasteiger partial charge < -0.3 is 65.1 Å². The van der Waals surface area contributed by atoms with Crippen molar-refractivity contribution in [2.45, 2.75) is 312 Å². The number of amides is 1. The van der Waals surface area contributed by atoms with Gasteiger partial charge in [0.05, 0.1) is 32.0 Å². The van der Waals surface area contributed by atoms with Crippen LogP contribution in [0.5, 0.6) is 0 Å².